The minimum atomic E-state index is 0.0416. The maximum absolute atomic E-state index is 12.1. The molecule has 0 bridgehead atoms. The van der Waals surface area contributed by atoms with Crippen molar-refractivity contribution in [3.05, 3.63) is 24.3 Å². The average Bonchev–Trinajstić information content (AvgIpc) is 2.91. The second kappa shape index (κ2) is 7.43. The average molecular weight is 290 g/mol. The molecule has 116 valence electrons. The van der Waals surface area contributed by atoms with Crippen LogP contribution in [-0.4, -0.2) is 54.5 Å². The number of nitrogens with two attached hydrogens (primary N) is 1. The maximum atomic E-state index is 12.1. The Labute approximate surface area is 127 Å². The lowest BCUT2D eigenvalue weighted by Crippen LogP contribution is -2.39. The molecule has 1 aliphatic heterocycles. The van der Waals surface area contributed by atoms with E-state index in [0.717, 1.165) is 38.3 Å². The fourth-order valence-corrected chi connectivity index (χ4v) is 2.96. The fourth-order valence-electron chi connectivity index (χ4n) is 2.96. The smallest absolute Gasteiger partial charge is 0.238 e. The van der Waals surface area contributed by atoms with E-state index in [-0.39, 0.29) is 5.91 Å². The Morgan fingerprint density at radius 1 is 1.33 bits per heavy atom. The highest BCUT2D eigenvalue weighted by molar-refractivity contribution is 5.92. The zero-order valence-electron chi connectivity index (χ0n) is 13.0. The first-order valence-electron chi connectivity index (χ1n) is 7.74. The van der Waals surface area contributed by atoms with Gasteiger partial charge in [0.25, 0.3) is 0 Å². The second-order valence-corrected chi connectivity index (χ2v) is 5.57. The molecular formula is C16H26N4O. The van der Waals surface area contributed by atoms with Crippen LogP contribution >= 0.6 is 0 Å². The number of carbonyl (C=O) groups is 1. The van der Waals surface area contributed by atoms with E-state index in [2.05, 4.69) is 29.0 Å². The van der Waals surface area contributed by atoms with Gasteiger partial charge in [-0.2, -0.15) is 0 Å². The van der Waals surface area contributed by atoms with Crippen LogP contribution in [0.2, 0.25) is 0 Å². The first kappa shape index (κ1) is 15.8. The number of likely N-dealkylation sites (N-methyl/N-ethyl adjacent to an activating group) is 1. The van der Waals surface area contributed by atoms with E-state index in [0.29, 0.717) is 18.3 Å². The molecule has 1 amide bonds. The monoisotopic (exact) mass is 290 g/mol. The minimum absolute atomic E-state index is 0.0416. The molecule has 0 spiro atoms. The molecular weight excluding hydrogens is 264 g/mol. The summed E-state index contributed by atoms with van der Waals surface area (Å²) in [6, 6.07) is 7.83. The predicted molar refractivity (Wildman–Crippen MR) is 87.3 cm³/mol. The molecule has 1 atom stereocenters. The summed E-state index contributed by atoms with van der Waals surface area (Å²) in [6.07, 6.45) is 1.15. The van der Waals surface area contributed by atoms with Gasteiger partial charge in [0.15, 0.2) is 0 Å². The van der Waals surface area contributed by atoms with Crippen LogP contribution in [0.4, 0.5) is 11.4 Å². The number of anilines is 2. The number of nitrogens with one attached hydrogen (secondary N) is 1. The SMILES string of the molecule is CCN(CC)C1CCN(CC(=O)Nc2ccc(N)cc2)C1. The number of hydrogen-bond acceptors (Lipinski definition) is 4. The van der Waals surface area contributed by atoms with Crippen molar-refractivity contribution in [3.8, 4) is 0 Å². The van der Waals surface area contributed by atoms with Gasteiger partial charge in [0, 0.05) is 30.5 Å². The van der Waals surface area contributed by atoms with Gasteiger partial charge < -0.3 is 11.1 Å². The highest BCUT2D eigenvalue weighted by atomic mass is 16.2. The van der Waals surface area contributed by atoms with Gasteiger partial charge in [-0.05, 0) is 43.8 Å². The summed E-state index contributed by atoms with van der Waals surface area (Å²) in [7, 11) is 0. The Kier molecular flexibility index (Phi) is 5.59. The Balaban J connectivity index is 1.80. The number of carbonyl (C=O) groups excluding carboxylic acids is 1. The van der Waals surface area contributed by atoms with Crippen molar-refractivity contribution in [2.75, 3.05) is 43.8 Å². The van der Waals surface area contributed by atoms with Gasteiger partial charge in [-0.3, -0.25) is 14.6 Å². The molecule has 0 aliphatic carbocycles. The molecule has 0 radical (unpaired) electrons. The van der Waals surface area contributed by atoms with Crippen molar-refractivity contribution in [1.29, 1.82) is 0 Å². The molecule has 1 unspecified atom stereocenters. The molecule has 21 heavy (non-hydrogen) atoms. The number of nitrogen functional groups attached to an aromatic ring is 1. The fraction of sp³-hybridized carbons (Fsp3) is 0.562. The van der Waals surface area contributed by atoms with Crippen LogP contribution in [-0.2, 0) is 4.79 Å². The van der Waals surface area contributed by atoms with Crippen LogP contribution in [0.25, 0.3) is 0 Å². The number of likely N-dealkylation sites (tertiary alicyclic amines) is 1. The lowest BCUT2D eigenvalue weighted by Gasteiger charge is -2.26. The molecule has 5 nitrogen and oxygen atoms in total. The van der Waals surface area contributed by atoms with Crippen LogP contribution < -0.4 is 11.1 Å². The van der Waals surface area contributed by atoms with Crippen LogP contribution in [0.5, 0.6) is 0 Å². The quantitative estimate of drug-likeness (QED) is 0.782. The van der Waals surface area contributed by atoms with Crippen LogP contribution in [0.3, 0.4) is 0 Å². The third-order valence-electron chi connectivity index (χ3n) is 4.14. The molecule has 0 aromatic heterocycles. The summed E-state index contributed by atoms with van der Waals surface area (Å²) >= 11 is 0. The highest BCUT2D eigenvalue weighted by Gasteiger charge is 2.27. The van der Waals surface area contributed by atoms with E-state index in [4.69, 9.17) is 5.73 Å². The number of benzene rings is 1. The van der Waals surface area contributed by atoms with Crippen molar-refractivity contribution in [2.24, 2.45) is 0 Å². The van der Waals surface area contributed by atoms with Gasteiger partial charge in [-0.1, -0.05) is 13.8 Å². The van der Waals surface area contributed by atoms with Gasteiger partial charge in [0.2, 0.25) is 5.91 Å². The molecule has 3 N–H and O–H groups in total. The van der Waals surface area contributed by atoms with Gasteiger partial charge in [-0.25, -0.2) is 0 Å². The van der Waals surface area contributed by atoms with Gasteiger partial charge in [0.05, 0.1) is 6.54 Å². The standard InChI is InChI=1S/C16H26N4O/c1-3-20(4-2)15-9-10-19(11-15)12-16(21)18-14-7-5-13(17)6-8-14/h5-8,15H,3-4,9-12,17H2,1-2H3,(H,18,21). The molecule has 5 heteroatoms. The van der Waals surface area contributed by atoms with Gasteiger partial charge in [0.1, 0.15) is 0 Å². The minimum Gasteiger partial charge on any atom is -0.399 e. The van der Waals surface area contributed by atoms with Crippen LogP contribution in [0.1, 0.15) is 20.3 Å². The Bertz CT molecular complexity index is 456. The zero-order chi connectivity index (χ0) is 15.2. The summed E-state index contributed by atoms with van der Waals surface area (Å²) in [5, 5.41) is 2.92. The van der Waals surface area contributed by atoms with Crippen LogP contribution in [0.15, 0.2) is 24.3 Å². The third-order valence-corrected chi connectivity index (χ3v) is 4.14. The maximum Gasteiger partial charge on any atom is 0.238 e. The summed E-state index contributed by atoms with van der Waals surface area (Å²) < 4.78 is 0. The molecule has 2 rings (SSSR count). The number of amides is 1. The third kappa shape index (κ3) is 4.44. The van der Waals surface area contributed by atoms with E-state index >= 15 is 0 Å². The topological polar surface area (TPSA) is 61.6 Å². The van der Waals surface area contributed by atoms with Crippen LogP contribution in [0, 0.1) is 0 Å². The highest BCUT2D eigenvalue weighted by Crippen LogP contribution is 2.16. The first-order valence-corrected chi connectivity index (χ1v) is 7.74. The number of nitrogens with zero attached hydrogens (tertiary/aromatic N) is 2. The Hall–Kier alpha value is -1.59. The molecule has 1 aromatic carbocycles. The molecule has 1 aromatic rings. The summed E-state index contributed by atoms with van der Waals surface area (Å²) in [4.78, 5) is 16.8. The summed E-state index contributed by atoms with van der Waals surface area (Å²) in [5.74, 6) is 0.0416. The van der Waals surface area contributed by atoms with Crippen molar-refractivity contribution in [3.63, 3.8) is 0 Å². The second-order valence-electron chi connectivity index (χ2n) is 5.57. The van der Waals surface area contributed by atoms with E-state index in [1.165, 1.54) is 0 Å². The largest absolute Gasteiger partial charge is 0.399 e. The van der Waals surface area contributed by atoms with E-state index in [1.807, 2.05) is 12.1 Å². The van der Waals surface area contributed by atoms with Gasteiger partial charge in [-0.15, -0.1) is 0 Å². The lowest BCUT2D eigenvalue weighted by atomic mass is 10.2. The first-order chi connectivity index (χ1) is 10.1. The number of rotatable bonds is 6. The van der Waals surface area contributed by atoms with Crippen molar-refractivity contribution in [1.82, 2.24) is 9.80 Å². The predicted octanol–water partition coefficient (Wildman–Crippen LogP) is 1.62. The summed E-state index contributed by atoms with van der Waals surface area (Å²) in [5.41, 5.74) is 7.14. The van der Waals surface area contributed by atoms with E-state index < -0.39 is 0 Å². The number of hydrogen-bond donors (Lipinski definition) is 2. The van der Waals surface area contributed by atoms with Gasteiger partial charge >= 0.3 is 0 Å². The summed E-state index contributed by atoms with van der Waals surface area (Å²) in [6.45, 7) is 8.98. The van der Waals surface area contributed by atoms with E-state index in [1.54, 1.807) is 12.1 Å². The molecule has 0 saturated carbocycles. The molecule has 1 saturated heterocycles. The normalized spacial score (nSPS) is 19.1. The Morgan fingerprint density at radius 3 is 2.62 bits per heavy atom. The molecule has 1 fully saturated rings. The Morgan fingerprint density at radius 2 is 2.00 bits per heavy atom. The van der Waals surface area contributed by atoms with Crippen molar-refractivity contribution >= 4 is 17.3 Å². The molecule has 1 heterocycles. The van der Waals surface area contributed by atoms with Crippen molar-refractivity contribution in [2.45, 2.75) is 26.3 Å². The molecule has 1 aliphatic rings. The van der Waals surface area contributed by atoms with E-state index in [9.17, 15) is 4.79 Å². The zero-order valence-corrected chi connectivity index (χ0v) is 13.0. The lowest BCUT2D eigenvalue weighted by molar-refractivity contribution is -0.117. The van der Waals surface area contributed by atoms with Crippen molar-refractivity contribution < 1.29 is 4.79 Å².